The highest BCUT2D eigenvalue weighted by molar-refractivity contribution is 8.00. The molecule has 1 aliphatic carbocycles. The second kappa shape index (κ2) is 7.04. The zero-order valence-corrected chi connectivity index (χ0v) is 14.8. The van der Waals surface area contributed by atoms with Gasteiger partial charge in [-0.05, 0) is 37.8 Å². The maximum Gasteiger partial charge on any atom is 0.252 e. The number of benzene rings is 1. The topological polar surface area (TPSA) is 71.1 Å². The minimum atomic E-state index is -0.143. The molecule has 5 nitrogen and oxygen atoms in total. The summed E-state index contributed by atoms with van der Waals surface area (Å²) in [5.74, 6) is 0.0229. The number of carbonyl (C=O) groups is 2. The van der Waals surface area contributed by atoms with Crippen molar-refractivity contribution in [2.75, 3.05) is 6.54 Å². The van der Waals surface area contributed by atoms with E-state index in [-0.39, 0.29) is 17.1 Å². The van der Waals surface area contributed by atoms with E-state index in [1.165, 1.54) is 11.8 Å². The van der Waals surface area contributed by atoms with E-state index in [1.54, 1.807) is 0 Å². The fourth-order valence-corrected chi connectivity index (χ4v) is 4.16. The highest BCUT2D eigenvalue weighted by Gasteiger charge is 2.26. The summed E-state index contributed by atoms with van der Waals surface area (Å²) in [5.41, 5.74) is 1.44. The Balaban J connectivity index is 1.66. The first kappa shape index (κ1) is 16.4. The van der Waals surface area contributed by atoms with Crippen LogP contribution in [0.2, 0.25) is 0 Å². The highest BCUT2D eigenvalue weighted by Crippen LogP contribution is 2.30. The van der Waals surface area contributed by atoms with Crippen molar-refractivity contribution < 1.29 is 9.59 Å². The average molecular weight is 355 g/mol. The Bertz CT molecular complexity index is 819. The van der Waals surface area contributed by atoms with E-state index >= 15 is 0 Å². The van der Waals surface area contributed by atoms with Crippen LogP contribution in [0.3, 0.4) is 0 Å². The van der Waals surface area contributed by atoms with Crippen LogP contribution in [0.4, 0.5) is 0 Å². The zero-order valence-electron chi connectivity index (χ0n) is 14.0. The third kappa shape index (κ3) is 3.79. The number of carbonyl (C=O) groups excluding carboxylic acids is 2. The van der Waals surface area contributed by atoms with Gasteiger partial charge in [0.05, 0.1) is 21.4 Å². The Hall–Kier alpha value is -2.08. The number of amides is 2. The fraction of sp³-hybridized carbons (Fsp3) is 0.421. The predicted octanol–water partition coefficient (Wildman–Crippen LogP) is 2.89. The van der Waals surface area contributed by atoms with Crippen molar-refractivity contribution in [1.82, 2.24) is 15.6 Å². The summed E-state index contributed by atoms with van der Waals surface area (Å²) in [6.07, 6.45) is 4.99. The summed E-state index contributed by atoms with van der Waals surface area (Å²) in [6.45, 7) is 0.746. The molecular formula is C19H21N3O2S. The Labute approximate surface area is 151 Å². The number of aromatic nitrogens is 1. The van der Waals surface area contributed by atoms with Gasteiger partial charge in [0.1, 0.15) is 0 Å². The molecule has 1 saturated heterocycles. The highest BCUT2D eigenvalue weighted by atomic mass is 32.2. The van der Waals surface area contributed by atoms with E-state index in [1.807, 2.05) is 30.3 Å². The molecule has 2 aromatic rings. The van der Waals surface area contributed by atoms with Gasteiger partial charge in [-0.3, -0.25) is 9.59 Å². The third-order valence-electron chi connectivity index (χ3n) is 4.60. The summed E-state index contributed by atoms with van der Waals surface area (Å²) in [7, 11) is 0. The SMILES string of the molecule is O=C(NC1CC1)c1cc(SC2CCCCNC2=O)nc2ccccc12. The van der Waals surface area contributed by atoms with Crippen LogP contribution >= 0.6 is 11.8 Å². The molecule has 1 aromatic carbocycles. The van der Waals surface area contributed by atoms with E-state index in [9.17, 15) is 9.59 Å². The summed E-state index contributed by atoms with van der Waals surface area (Å²) < 4.78 is 0. The van der Waals surface area contributed by atoms with Gasteiger partial charge in [0.2, 0.25) is 5.91 Å². The molecule has 0 spiro atoms. The average Bonchev–Trinajstić information content (AvgIpc) is 3.44. The molecule has 130 valence electrons. The minimum Gasteiger partial charge on any atom is -0.355 e. The smallest absolute Gasteiger partial charge is 0.252 e. The number of nitrogens with one attached hydrogen (secondary N) is 2. The monoisotopic (exact) mass is 355 g/mol. The molecule has 2 N–H and O–H groups in total. The van der Waals surface area contributed by atoms with Crippen LogP contribution in [0.15, 0.2) is 35.4 Å². The Kier molecular flexibility index (Phi) is 4.61. The Morgan fingerprint density at radius 1 is 1.20 bits per heavy atom. The lowest BCUT2D eigenvalue weighted by Gasteiger charge is -2.14. The Morgan fingerprint density at radius 3 is 2.88 bits per heavy atom. The van der Waals surface area contributed by atoms with Gasteiger partial charge in [-0.15, -0.1) is 0 Å². The first-order chi connectivity index (χ1) is 12.2. The molecule has 0 radical (unpaired) electrons. The Morgan fingerprint density at radius 2 is 2.04 bits per heavy atom. The zero-order chi connectivity index (χ0) is 17.2. The van der Waals surface area contributed by atoms with Gasteiger partial charge in [0.25, 0.3) is 5.91 Å². The number of rotatable bonds is 4. The maximum absolute atomic E-state index is 12.6. The van der Waals surface area contributed by atoms with Crippen molar-refractivity contribution >= 4 is 34.5 Å². The van der Waals surface area contributed by atoms with Crippen LogP contribution in [-0.4, -0.2) is 34.6 Å². The number of para-hydroxylation sites is 1. The van der Waals surface area contributed by atoms with E-state index in [0.717, 1.165) is 54.6 Å². The first-order valence-electron chi connectivity index (χ1n) is 8.86. The van der Waals surface area contributed by atoms with E-state index < -0.39 is 0 Å². The summed E-state index contributed by atoms with van der Waals surface area (Å²) in [6, 6.07) is 9.83. The number of hydrogen-bond donors (Lipinski definition) is 2. The molecule has 2 heterocycles. The fourth-order valence-electron chi connectivity index (χ4n) is 3.06. The molecule has 1 atom stereocenters. The molecule has 1 saturated carbocycles. The molecule has 1 aliphatic heterocycles. The molecule has 4 rings (SSSR count). The summed E-state index contributed by atoms with van der Waals surface area (Å²) in [4.78, 5) is 29.5. The molecule has 1 aromatic heterocycles. The van der Waals surface area contributed by atoms with Crippen molar-refractivity contribution in [1.29, 1.82) is 0 Å². The van der Waals surface area contributed by atoms with Gasteiger partial charge < -0.3 is 10.6 Å². The third-order valence-corrected chi connectivity index (χ3v) is 5.78. The van der Waals surface area contributed by atoms with Crippen LogP contribution in [-0.2, 0) is 4.79 Å². The van der Waals surface area contributed by atoms with Crippen molar-refractivity contribution in [2.24, 2.45) is 0 Å². The standard InChI is InChI=1S/C19H21N3O2S/c23-18(21-12-8-9-12)14-11-17(22-15-6-2-1-5-13(14)15)25-16-7-3-4-10-20-19(16)24/h1-2,5-6,11-12,16H,3-4,7-10H2,(H,20,24)(H,21,23). The van der Waals surface area contributed by atoms with Gasteiger partial charge >= 0.3 is 0 Å². The number of thioether (sulfide) groups is 1. The van der Waals surface area contributed by atoms with Crippen LogP contribution in [0, 0.1) is 0 Å². The van der Waals surface area contributed by atoms with E-state index in [0.29, 0.717) is 11.6 Å². The van der Waals surface area contributed by atoms with Crippen molar-refractivity contribution in [3.8, 4) is 0 Å². The minimum absolute atomic E-state index is 0.0479. The van der Waals surface area contributed by atoms with Crippen LogP contribution < -0.4 is 10.6 Å². The first-order valence-corrected chi connectivity index (χ1v) is 9.74. The van der Waals surface area contributed by atoms with Crippen LogP contribution in [0.1, 0.15) is 42.5 Å². The molecule has 0 bridgehead atoms. The largest absolute Gasteiger partial charge is 0.355 e. The van der Waals surface area contributed by atoms with Gasteiger partial charge in [-0.1, -0.05) is 36.4 Å². The molecular weight excluding hydrogens is 334 g/mol. The number of hydrogen-bond acceptors (Lipinski definition) is 4. The second-order valence-electron chi connectivity index (χ2n) is 6.67. The number of pyridine rings is 1. The second-order valence-corrected chi connectivity index (χ2v) is 7.89. The molecule has 25 heavy (non-hydrogen) atoms. The van der Waals surface area contributed by atoms with Crippen LogP contribution in [0.5, 0.6) is 0 Å². The van der Waals surface area contributed by atoms with E-state index in [4.69, 9.17) is 0 Å². The van der Waals surface area contributed by atoms with E-state index in [2.05, 4.69) is 15.6 Å². The van der Waals surface area contributed by atoms with Gasteiger partial charge in [0.15, 0.2) is 0 Å². The molecule has 2 amide bonds. The number of nitrogens with zero attached hydrogens (tertiary/aromatic N) is 1. The summed E-state index contributed by atoms with van der Waals surface area (Å²) in [5, 5.41) is 7.47. The lowest BCUT2D eigenvalue weighted by Crippen LogP contribution is -2.30. The molecule has 2 fully saturated rings. The maximum atomic E-state index is 12.6. The quantitative estimate of drug-likeness (QED) is 0.885. The molecule has 2 aliphatic rings. The normalized spacial score (nSPS) is 20.8. The van der Waals surface area contributed by atoms with Crippen molar-refractivity contribution in [2.45, 2.75) is 48.4 Å². The van der Waals surface area contributed by atoms with Crippen molar-refractivity contribution in [3.63, 3.8) is 0 Å². The summed E-state index contributed by atoms with van der Waals surface area (Å²) >= 11 is 1.46. The molecule has 6 heteroatoms. The van der Waals surface area contributed by atoms with Crippen molar-refractivity contribution in [3.05, 3.63) is 35.9 Å². The van der Waals surface area contributed by atoms with Gasteiger partial charge in [0, 0.05) is 18.0 Å². The predicted molar refractivity (Wildman–Crippen MR) is 98.7 cm³/mol. The van der Waals surface area contributed by atoms with Gasteiger partial charge in [-0.25, -0.2) is 4.98 Å². The van der Waals surface area contributed by atoms with Gasteiger partial charge in [-0.2, -0.15) is 0 Å². The number of fused-ring (bicyclic) bond motifs is 1. The lowest BCUT2D eigenvalue weighted by molar-refractivity contribution is -0.120. The van der Waals surface area contributed by atoms with Crippen LogP contribution in [0.25, 0.3) is 10.9 Å². The lowest BCUT2D eigenvalue weighted by atomic mass is 10.1. The molecule has 1 unspecified atom stereocenters.